The van der Waals surface area contributed by atoms with Gasteiger partial charge in [-0.2, -0.15) is 0 Å². The summed E-state index contributed by atoms with van der Waals surface area (Å²) in [6.07, 6.45) is 4.40. The fourth-order valence-electron chi connectivity index (χ4n) is 2.14. The molecule has 2 nitrogen and oxygen atoms in total. The quantitative estimate of drug-likeness (QED) is 0.639. The van der Waals surface area contributed by atoms with Gasteiger partial charge in [0.25, 0.3) is 0 Å². The van der Waals surface area contributed by atoms with Crippen molar-refractivity contribution in [2.24, 2.45) is 5.92 Å². The number of rotatable bonds is 8. The summed E-state index contributed by atoms with van der Waals surface area (Å²) in [4.78, 5) is 0. The summed E-state index contributed by atoms with van der Waals surface area (Å²) in [6, 6.07) is 0. The molecule has 3 heteroatoms. The lowest BCUT2D eigenvalue weighted by molar-refractivity contribution is 0.0778. The van der Waals surface area contributed by atoms with Crippen LogP contribution < -0.4 is 0 Å². The molecule has 116 valence electrons. The van der Waals surface area contributed by atoms with Crippen molar-refractivity contribution in [1.82, 2.24) is 0 Å². The van der Waals surface area contributed by atoms with Gasteiger partial charge < -0.3 is 9.53 Å². The van der Waals surface area contributed by atoms with E-state index in [2.05, 4.69) is 54.6 Å². The maximum Gasteiger partial charge on any atom is 0.192 e. The topological polar surface area (TPSA) is 29.5 Å². The van der Waals surface area contributed by atoms with Gasteiger partial charge in [0, 0.05) is 6.61 Å². The van der Waals surface area contributed by atoms with Crippen LogP contribution in [0.3, 0.4) is 0 Å². The monoisotopic (exact) mass is 288 g/mol. The number of hydrogen-bond donors (Lipinski definition) is 1. The van der Waals surface area contributed by atoms with E-state index in [1.54, 1.807) is 0 Å². The van der Waals surface area contributed by atoms with E-state index in [1.165, 1.54) is 12.8 Å². The molecule has 1 atom stereocenters. The third-order valence-electron chi connectivity index (χ3n) is 4.44. The van der Waals surface area contributed by atoms with E-state index in [0.29, 0.717) is 12.5 Å². The average molecular weight is 289 g/mol. The Hall–Kier alpha value is 0.137. The van der Waals surface area contributed by atoms with Crippen molar-refractivity contribution in [3.8, 4) is 0 Å². The predicted molar refractivity (Wildman–Crippen MR) is 87.1 cm³/mol. The fourth-order valence-corrected chi connectivity index (χ4v) is 3.93. The van der Waals surface area contributed by atoms with E-state index in [1.807, 2.05) is 0 Å². The SMILES string of the molecule is CC(CCO)CCCC(C)(C)O[Si](C)(C)C(C)(C)C. The second kappa shape index (κ2) is 7.23. The van der Waals surface area contributed by atoms with E-state index in [9.17, 15) is 0 Å². The van der Waals surface area contributed by atoms with Gasteiger partial charge >= 0.3 is 0 Å². The number of aliphatic hydroxyl groups is 1. The van der Waals surface area contributed by atoms with Crippen LogP contribution in [0.4, 0.5) is 0 Å². The van der Waals surface area contributed by atoms with Crippen LogP contribution in [-0.2, 0) is 4.43 Å². The van der Waals surface area contributed by atoms with Crippen LogP contribution in [0.25, 0.3) is 0 Å². The largest absolute Gasteiger partial charge is 0.412 e. The summed E-state index contributed by atoms with van der Waals surface area (Å²) in [6.45, 7) is 18.5. The van der Waals surface area contributed by atoms with E-state index < -0.39 is 8.32 Å². The van der Waals surface area contributed by atoms with Gasteiger partial charge in [-0.3, -0.25) is 0 Å². The van der Waals surface area contributed by atoms with Crippen molar-refractivity contribution < 1.29 is 9.53 Å². The molecule has 0 radical (unpaired) electrons. The highest BCUT2D eigenvalue weighted by atomic mass is 28.4. The zero-order chi connectivity index (χ0) is 15.3. The van der Waals surface area contributed by atoms with Gasteiger partial charge in [-0.15, -0.1) is 0 Å². The molecule has 0 aliphatic heterocycles. The van der Waals surface area contributed by atoms with Crippen molar-refractivity contribution in [2.45, 2.75) is 91.0 Å². The van der Waals surface area contributed by atoms with Crippen LogP contribution in [0.5, 0.6) is 0 Å². The first-order valence-electron chi connectivity index (χ1n) is 7.72. The average Bonchev–Trinajstić information content (AvgIpc) is 2.13. The number of hydrogen-bond acceptors (Lipinski definition) is 2. The zero-order valence-corrected chi connectivity index (χ0v) is 15.5. The molecular formula is C16H36O2Si. The second-order valence-electron chi connectivity index (χ2n) is 8.13. The standard InChI is InChI=1S/C16H36O2Si/c1-14(11-13-17)10-9-12-16(5,6)18-19(7,8)15(2,3)4/h14,17H,9-13H2,1-8H3. The summed E-state index contributed by atoms with van der Waals surface area (Å²) in [5, 5.41) is 9.19. The molecule has 0 saturated heterocycles. The number of aliphatic hydroxyl groups excluding tert-OH is 1. The Bertz CT molecular complexity index is 254. The molecule has 0 heterocycles. The van der Waals surface area contributed by atoms with Crippen molar-refractivity contribution in [3.05, 3.63) is 0 Å². The molecular weight excluding hydrogens is 252 g/mol. The van der Waals surface area contributed by atoms with Gasteiger partial charge in [-0.1, -0.05) is 40.5 Å². The van der Waals surface area contributed by atoms with Crippen LogP contribution in [0.1, 0.15) is 67.2 Å². The summed E-state index contributed by atoms with van der Waals surface area (Å²) in [5.41, 5.74) is -0.0259. The first kappa shape index (κ1) is 19.1. The molecule has 1 N–H and O–H groups in total. The Morgan fingerprint density at radius 1 is 1.05 bits per heavy atom. The Morgan fingerprint density at radius 3 is 2.00 bits per heavy atom. The van der Waals surface area contributed by atoms with E-state index in [0.717, 1.165) is 12.8 Å². The van der Waals surface area contributed by atoms with Crippen LogP contribution >= 0.6 is 0 Å². The van der Waals surface area contributed by atoms with Gasteiger partial charge in [0.15, 0.2) is 8.32 Å². The minimum absolute atomic E-state index is 0.0259. The van der Waals surface area contributed by atoms with Gasteiger partial charge in [0.1, 0.15) is 0 Å². The third kappa shape index (κ3) is 7.47. The Labute approximate surface area is 122 Å². The van der Waals surface area contributed by atoms with Gasteiger partial charge in [-0.05, 0) is 50.7 Å². The Balaban J connectivity index is 4.26. The molecule has 1 unspecified atom stereocenters. The van der Waals surface area contributed by atoms with Gasteiger partial charge in [0.05, 0.1) is 5.60 Å². The predicted octanol–water partition coefficient (Wildman–Crippen LogP) is 4.98. The zero-order valence-electron chi connectivity index (χ0n) is 14.5. The molecule has 0 saturated carbocycles. The highest BCUT2D eigenvalue weighted by Crippen LogP contribution is 2.40. The molecule has 0 aromatic rings. The van der Waals surface area contributed by atoms with Gasteiger partial charge in [-0.25, -0.2) is 0 Å². The maximum atomic E-state index is 8.92. The lowest BCUT2D eigenvalue weighted by atomic mass is 9.95. The molecule has 0 aromatic carbocycles. The third-order valence-corrected chi connectivity index (χ3v) is 9.11. The van der Waals surface area contributed by atoms with Crippen LogP contribution in [0.2, 0.25) is 18.1 Å². The molecule has 0 aliphatic rings. The maximum absolute atomic E-state index is 8.92. The molecule has 0 fully saturated rings. The Kier molecular flexibility index (Phi) is 7.28. The highest BCUT2D eigenvalue weighted by Gasteiger charge is 2.41. The lowest BCUT2D eigenvalue weighted by Gasteiger charge is -2.43. The highest BCUT2D eigenvalue weighted by molar-refractivity contribution is 6.74. The lowest BCUT2D eigenvalue weighted by Crippen LogP contribution is -2.47. The molecule has 0 bridgehead atoms. The van der Waals surface area contributed by atoms with Crippen molar-refractivity contribution in [3.63, 3.8) is 0 Å². The van der Waals surface area contributed by atoms with E-state index in [4.69, 9.17) is 9.53 Å². The van der Waals surface area contributed by atoms with Crippen LogP contribution in [0, 0.1) is 5.92 Å². The van der Waals surface area contributed by atoms with Crippen molar-refractivity contribution in [1.29, 1.82) is 0 Å². The van der Waals surface area contributed by atoms with E-state index in [-0.39, 0.29) is 10.6 Å². The second-order valence-corrected chi connectivity index (χ2v) is 12.9. The normalized spacial score (nSPS) is 15.6. The molecule has 0 aromatic heterocycles. The minimum Gasteiger partial charge on any atom is -0.412 e. The van der Waals surface area contributed by atoms with Crippen molar-refractivity contribution >= 4 is 8.32 Å². The Morgan fingerprint density at radius 2 is 1.58 bits per heavy atom. The molecule has 19 heavy (non-hydrogen) atoms. The summed E-state index contributed by atoms with van der Waals surface area (Å²) < 4.78 is 6.52. The van der Waals surface area contributed by atoms with Crippen molar-refractivity contribution in [2.75, 3.05) is 6.61 Å². The summed E-state index contributed by atoms with van der Waals surface area (Å²) in [5.74, 6) is 0.619. The van der Waals surface area contributed by atoms with Crippen LogP contribution in [0.15, 0.2) is 0 Å². The molecule has 0 spiro atoms. The molecule has 0 rings (SSSR count). The minimum atomic E-state index is -1.67. The molecule has 0 amide bonds. The first-order valence-corrected chi connectivity index (χ1v) is 10.6. The van der Waals surface area contributed by atoms with Gasteiger partial charge in [0.2, 0.25) is 0 Å². The fraction of sp³-hybridized carbons (Fsp3) is 1.00. The first-order chi connectivity index (χ1) is 8.41. The van der Waals surface area contributed by atoms with E-state index >= 15 is 0 Å². The summed E-state index contributed by atoms with van der Waals surface area (Å²) >= 11 is 0. The summed E-state index contributed by atoms with van der Waals surface area (Å²) in [7, 11) is -1.67. The molecule has 0 aliphatic carbocycles. The van der Waals surface area contributed by atoms with Crippen LogP contribution in [-0.4, -0.2) is 25.6 Å². The smallest absolute Gasteiger partial charge is 0.192 e.